The lowest BCUT2D eigenvalue weighted by Gasteiger charge is -2.12. The Balaban J connectivity index is 1.50. The van der Waals surface area contributed by atoms with Crippen molar-refractivity contribution in [2.45, 2.75) is 13.1 Å². The molecule has 2 N–H and O–H groups in total. The number of amides is 2. The summed E-state index contributed by atoms with van der Waals surface area (Å²) in [5.41, 5.74) is 3.51. The van der Waals surface area contributed by atoms with E-state index in [1.54, 1.807) is 48.5 Å². The largest absolute Gasteiger partial charge is 0.457 e. The van der Waals surface area contributed by atoms with Gasteiger partial charge in [-0.2, -0.15) is 5.26 Å². The zero-order chi connectivity index (χ0) is 21.3. The topological polar surface area (TPSA) is 77.4 Å². The van der Waals surface area contributed by atoms with Gasteiger partial charge in [-0.05, 0) is 73.8 Å². The van der Waals surface area contributed by atoms with Gasteiger partial charge in [0.15, 0.2) is 0 Å². The van der Waals surface area contributed by atoms with Crippen molar-refractivity contribution >= 4 is 11.7 Å². The number of urea groups is 1. The summed E-state index contributed by atoms with van der Waals surface area (Å²) in [6.45, 7) is 1.31. The summed E-state index contributed by atoms with van der Waals surface area (Å²) in [7, 11) is 4.05. The van der Waals surface area contributed by atoms with Crippen LogP contribution in [0.2, 0.25) is 0 Å². The molecule has 3 aromatic carbocycles. The average Bonchev–Trinajstić information content (AvgIpc) is 2.74. The SMILES string of the molecule is CN(C)Cc1cccc(CNC(=O)Nc2ccc(Oc3ccc(C#N)cc3)cc2)c1. The molecule has 30 heavy (non-hydrogen) atoms. The molecule has 0 unspecified atom stereocenters. The van der Waals surface area contributed by atoms with Crippen LogP contribution in [0.3, 0.4) is 0 Å². The monoisotopic (exact) mass is 400 g/mol. The first-order valence-corrected chi connectivity index (χ1v) is 9.57. The number of hydrogen-bond donors (Lipinski definition) is 2. The van der Waals surface area contributed by atoms with Crippen molar-refractivity contribution in [2.75, 3.05) is 19.4 Å². The van der Waals surface area contributed by atoms with E-state index >= 15 is 0 Å². The van der Waals surface area contributed by atoms with Crippen molar-refractivity contribution in [2.24, 2.45) is 0 Å². The summed E-state index contributed by atoms with van der Waals surface area (Å²) in [5, 5.41) is 14.5. The van der Waals surface area contributed by atoms with Gasteiger partial charge < -0.3 is 20.3 Å². The third kappa shape index (κ3) is 6.36. The maximum Gasteiger partial charge on any atom is 0.319 e. The Bertz CT molecular complexity index is 1020. The zero-order valence-corrected chi connectivity index (χ0v) is 17.1. The van der Waals surface area contributed by atoms with Crippen LogP contribution in [-0.2, 0) is 13.1 Å². The van der Waals surface area contributed by atoms with E-state index in [-0.39, 0.29) is 6.03 Å². The molecule has 0 fully saturated rings. The zero-order valence-electron chi connectivity index (χ0n) is 17.1. The van der Waals surface area contributed by atoms with Crippen LogP contribution in [0.25, 0.3) is 0 Å². The van der Waals surface area contributed by atoms with Gasteiger partial charge in [0.1, 0.15) is 11.5 Å². The molecular weight excluding hydrogens is 376 g/mol. The van der Waals surface area contributed by atoms with E-state index in [9.17, 15) is 4.79 Å². The fourth-order valence-electron chi connectivity index (χ4n) is 2.90. The lowest BCUT2D eigenvalue weighted by Crippen LogP contribution is -2.28. The first kappa shape index (κ1) is 20.9. The Morgan fingerprint density at radius 1 is 0.967 bits per heavy atom. The number of nitrogens with zero attached hydrogens (tertiary/aromatic N) is 2. The Labute approximate surface area is 176 Å². The first-order valence-electron chi connectivity index (χ1n) is 9.57. The van der Waals surface area contributed by atoms with Gasteiger partial charge in [-0.3, -0.25) is 0 Å². The van der Waals surface area contributed by atoms with Gasteiger partial charge in [0.2, 0.25) is 0 Å². The Morgan fingerprint density at radius 3 is 2.23 bits per heavy atom. The lowest BCUT2D eigenvalue weighted by molar-refractivity contribution is 0.251. The molecule has 0 bridgehead atoms. The molecule has 0 aliphatic rings. The maximum absolute atomic E-state index is 12.2. The Morgan fingerprint density at radius 2 is 1.60 bits per heavy atom. The van der Waals surface area contributed by atoms with Crippen LogP contribution in [0.4, 0.5) is 10.5 Å². The molecule has 6 nitrogen and oxygen atoms in total. The number of carbonyl (C=O) groups is 1. The number of anilines is 1. The third-order valence-electron chi connectivity index (χ3n) is 4.27. The summed E-state index contributed by atoms with van der Waals surface area (Å²) in [4.78, 5) is 14.3. The minimum absolute atomic E-state index is 0.270. The molecule has 0 radical (unpaired) electrons. The first-order chi connectivity index (χ1) is 14.5. The molecule has 0 heterocycles. The maximum atomic E-state index is 12.2. The minimum atomic E-state index is -0.270. The normalized spacial score (nSPS) is 10.3. The fourth-order valence-corrected chi connectivity index (χ4v) is 2.90. The summed E-state index contributed by atoms with van der Waals surface area (Å²) in [6, 6.07) is 23.9. The lowest BCUT2D eigenvalue weighted by atomic mass is 10.1. The van der Waals surface area contributed by atoms with Gasteiger partial charge in [-0.15, -0.1) is 0 Å². The molecule has 0 aliphatic carbocycles. The van der Waals surface area contributed by atoms with E-state index in [4.69, 9.17) is 10.00 Å². The number of ether oxygens (including phenoxy) is 1. The van der Waals surface area contributed by atoms with E-state index in [1.165, 1.54) is 5.56 Å². The smallest absolute Gasteiger partial charge is 0.319 e. The molecule has 0 atom stereocenters. The van der Waals surface area contributed by atoms with E-state index in [0.29, 0.717) is 29.3 Å². The van der Waals surface area contributed by atoms with Crippen molar-refractivity contribution < 1.29 is 9.53 Å². The predicted molar refractivity (Wildman–Crippen MR) is 117 cm³/mol. The van der Waals surface area contributed by atoms with Crippen LogP contribution in [0.5, 0.6) is 11.5 Å². The Hall–Kier alpha value is -3.82. The van der Waals surface area contributed by atoms with Crippen molar-refractivity contribution in [1.29, 1.82) is 5.26 Å². The van der Waals surface area contributed by atoms with E-state index in [2.05, 4.69) is 33.7 Å². The minimum Gasteiger partial charge on any atom is -0.457 e. The quantitative estimate of drug-likeness (QED) is 0.601. The number of nitrogens with one attached hydrogen (secondary N) is 2. The molecule has 0 saturated carbocycles. The van der Waals surface area contributed by atoms with Crippen LogP contribution in [-0.4, -0.2) is 25.0 Å². The van der Waals surface area contributed by atoms with Crippen LogP contribution >= 0.6 is 0 Å². The summed E-state index contributed by atoms with van der Waals surface area (Å²) < 4.78 is 5.74. The highest BCUT2D eigenvalue weighted by Crippen LogP contribution is 2.23. The van der Waals surface area contributed by atoms with Gasteiger partial charge in [-0.1, -0.05) is 24.3 Å². The molecule has 3 rings (SSSR count). The summed E-state index contributed by atoms with van der Waals surface area (Å²) >= 11 is 0. The van der Waals surface area contributed by atoms with E-state index in [0.717, 1.165) is 12.1 Å². The van der Waals surface area contributed by atoms with E-state index < -0.39 is 0 Å². The van der Waals surface area contributed by atoms with Gasteiger partial charge in [0, 0.05) is 18.8 Å². The highest BCUT2D eigenvalue weighted by molar-refractivity contribution is 5.89. The summed E-state index contributed by atoms with van der Waals surface area (Å²) in [5.74, 6) is 1.28. The van der Waals surface area contributed by atoms with Gasteiger partial charge in [-0.25, -0.2) is 4.79 Å². The highest BCUT2D eigenvalue weighted by atomic mass is 16.5. The van der Waals surface area contributed by atoms with Crippen molar-refractivity contribution in [3.63, 3.8) is 0 Å². The molecule has 0 saturated heterocycles. The van der Waals surface area contributed by atoms with Gasteiger partial charge in [0.25, 0.3) is 0 Å². The predicted octanol–water partition coefficient (Wildman–Crippen LogP) is 4.73. The average molecular weight is 400 g/mol. The van der Waals surface area contributed by atoms with Crippen molar-refractivity contribution in [1.82, 2.24) is 10.2 Å². The molecule has 0 aliphatic heterocycles. The Kier molecular flexibility index (Phi) is 7.04. The highest BCUT2D eigenvalue weighted by Gasteiger charge is 2.04. The van der Waals surface area contributed by atoms with Crippen LogP contribution in [0.1, 0.15) is 16.7 Å². The molecule has 6 heteroatoms. The number of nitriles is 1. The number of benzene rings is 3. The second kappa shape index (κ2) is 10.1. The van der Waals surface area contributed by atoms with Crippen molar-refractivity contribution in [3.05, 3.63) is 89.5 Å². The standard InChI is InChI=1S/C24H24N4O2/c1-28(2)17-20-5-3-4-19(14-20)16-26-24(29)27-21-8-12-23(13-9-21)30-22-10-6-18(15-25)7-11-22/h3-14H,16-17H2,1-2H3,(H2,26,27,29). The molecule has 0 spiro atoms. The van der Waals surface area contributed by atoms with Crippen LogP contribution < -0.4 is 15.4 Å². The fraction of sp³-hybridized carbons (Fsp3) is 0.167. The van der Waals surface area contributed by atoms with Crippen LogP contribution in [0, 0.1) is 11.3 Å². The number of carbonyl (C=O) groups excluding carboxylic acids is 1. The second-order valence-electron chi connectivity index (χ2n) is 7.13. The molecule has 2 amide bonds. The molecular formula is C24H24N4O2. The van der Waals surface area contributed by atoms with Gasteiger partial charge >= 0.3 is 6.03 Å². The summed E-state index contributed by atoms with van der Waals surface area (Å²) in [6.07, 6.45) is 0. The molecule has 152 valence electrons. The van der Waals surface area contributed by atoms with Crippen LogP contribution in [0.15, 0.2) is 72.8 Å². The van der Waals surface area contributed by atoms with Crippen molar-refractivity contribution in [3.8, 4) is 17.6 Å². The molecule has 3 aromatic rings. The van der Waals surface area contributed by atoms with Gasteiger partial charge in [0.05, 0.1) is 11.6 Å². The van der Waals surface area contributed by atoms with E-state index in [1.807, 2.05) is 26.2 Å². The third-order valence-corrected chi connectivity index (χ3v) is 4.27. The number of hydrogen-bond acceptors (Lipinski definition) is 4. The number of rotatable bonds is 7. The molecule has 0 aromatic heterocycles. The second-order valence-corrected chi connectivity index (χ2v) is 7.13.